The number of aryl methyl sites for hydroxylation is 2. The first-order valence-corrected chi connectivity index (χ1v) is 15.2. The molecule has 0 aliphatic carbocycles. The number of nitrogens with zero attached hydrogens (tertiary/aromatic N) is 2. The fraction of sp³-hybridized carbons (Fsp3) is 0.158. The Morgan fingerprint density at radius 1 is 0.848 bits per heavy atom. The summed E-state index contributed by atoms with van der Waals surface area (Å²) >= 11 is 0. The molecule has 0 saturated carbocycles. The number of amidine groups is 2. The molecular weight excluding hydrogens is 572 g/mol. The number of carbonyl (C=O) groups is 1. The second kappa shape index (κ2) is 15.3. The maximum absolute atomic E-state index is 12.4. The lowest BCUT2D eigenvalue weighted by Crippen LogP contribution is -2.42. The molecule has 4 aromatic carbocycles. The Balaban J connectivity index is 0.000000316. The smallest absolute Gasteiger partial charge is 0.270 e. The minimum absolute atomic E-state index is 0.0129. The Labute approximate surface area is 269 Å². The molecule has 0 spiro atoms. The second-order valence-electron chi connectivity index (χ2n) is 10.9. The predicted molar refractivity (Wildman–Crippen MR) is 186 cm³/mol. The molecule has 6 aromatic rings. The average molecular weight is 611 g/mol. The fourth-order valence-electron chi connectivity index (χ4n) is 5.23. The zero-order valence-electron chi connectivity index (χ0n) is 26.1. The van der Waals surface area contributed by atoms with E-state index in [1.807, 2.05) is 48.7 Å². The number of carbonyl (C=O) groups excluding carboxylic acids is 1. The number of fused-ring (bicyclic) bond motifs is 2. The molecule has 2 heterocycles. The minimum Gasteiger partial charge on any atom is -0.497 e. The topological polar surface area (TPSA) is 118 Å². The van der Waals surface area contributed by atoms with Crippen LogP contribution >= 0.6 is 0 Å². The molecule has 8 nitrogen and oxygen atoms in total. The molecule has 0 fully saturated rings. The number of methoxy groups -OCH3 is 1. The van der Waals surface area contributed by atoms with E-state index < -0.39 is 0 Å². The van der Waals surface area contributed by atoms with Crippen LogP contribution < -0.4 is 10.1 Å². The Morgan fingerprint density at radius 2 is 1.57 bits per heavy atom. The highest BCUT2D eigenvalue weighted by Crippen LogP contribution is 2.20. The van der Waals surface area contributed by atoms with Gasteiger partial charge in [-0.1, -0.05) is 78.9 Å². The quantitative estimate of drug-likeness (QED) is 0.0999. The van der Waals surface area contributed by atoms with Gasteiger partial charge in [0.15, 0.2) is 0 Å². The zero-order chi connectivity index (χ0) is 32.3. The van der Waals surface area contributed by atoms with E-state index in [-0.39, 0.29) is 24.0 Å². The lowest BCUT2D eigenvalue weighted by atomic mass is 10.1. The maximum Gasteiger partial charge on any atom is 0.270 e. The number of aromatic nitrogens is 2. The molecule has 4 N–H and O–H groups in total. The molecule has 0 unspecified atom stereocenters. The van der Waals surface area contributed by atoms with Gasteiger partial charge < -0.3 is 19.9 Å². The number of benzene rings is 4. The van der Waals surface area contributed by atoms with Crippen molar-refractivity contribution >= 4 is 39.3 Å². The number of hydrogen-bond acceptors (Lipinski definition) is 5. The van der Waals surface area contributed by atoms with Crippen molar-refractivity contribution in [1.29, 1.82) is 10.8 Å². The summed E-state index contributed by atoms with van der Waals surface area (Å²) in [6, 6.07) is 35.6. The van der Waals surface area contributed by atoms with E-state index in [1.165, 1.54) is 16.3 Å². The van der Waals surface area contributed by atoms with Crippen LogP contribution in [-0.2, 0) is 13.0 Å². The summed E-state index contributed by atoms with van der Waals surface area (Å²) in [6.07, 6.45) is 4.64. The number of aromatic amines is 1. The van der Waals surface area contributed by atoms with E-state index in [0.717, 1.165) is 27.8 Å². The average Bonchev–Trinajstić information content (AvgIpc) is 3.52. The van der Waals surface area contributed by atoms with Crippen molar-refractivity contribution in [2.45, 2.75) is 26.3 Å². The van der Waals surface area contributed by atoms with Crippen LogP contribution in [0.1, 0.15) is 33.6 Å². The number of ether oxygens (including phenoxy) is 1. The van der Waals surface area contributed by atoms with E-state index in [2.05, 4.69) is 70.7 Å². The largest absolute Gasteiger partial charge is 0.497 e. The lowest BCUT2D eigenvalue weighted by Gasteiger charge is -2.26. The number of para-hydroxylation sites is 1. The summed E-state index contributed by atoms with van der Waals surface area (Å²) in [4.78, 5) is 21.4. The highest BCUT2D eigenvalue weighted by molar-refractivity contribution is 6.01. The highest BCUT2D eigenvalue weighted by Gasteiger charge is 2.18. The van der Waals surface area contributed by atoms with Gasteiger partial charge in [-0.3, -0.25) is 20.6 Å². The Hall–Kier alpha value is -5.76. The van der Waals surface area contributed by atoms with Crippen LogP contribution in [-0.4, -0.2) is 46.1 Å². The van der Waals surface area contributed by atoms with Crippen molar-refractivity contribution < 1.29 is 9.53 Å². The summed E-state index contributed by atoms with van der Waals surface area (Å²) in [7, 11) is 1.61. The van der Waals surface area contributed by atoms with Gasteiger partial charge in [0.1, 0.15) is 23.1 Å². The van der Waals surface area contributed by atoms with Gasteiger partial charge >= 0.3 is 0 Å². The van der Waals surface area contributed by atoms with Crippen LogP contribution in [0.15, 0.2) is 122 Å². The molecule has 6 rings (SSSR count). The molecule has 0 bridgehead atoms. The summed E-state index contributed by atoms with van der Waals surface area (Å²) < 4.78 is 5.24. The zero-order valence-corrected chi connectivity index (χ0v) is 26.1. The van der Waals surface area contributed by atoms with Crippen molar-refractivity contribution in [3.05, 3.63) is 144 Å². The van der Waals surface area contributed by atoms with Gasteiger partial charge in [0.25, 0.3) is 5.91 Å². The molecule has 1 amide bonds. The van der Waals surface area contributed by atoms with Gasteiger partial charge in [0.05, 0.1) is 20.2 Å². The molecule has 232 valence electrons. The van der Waals surface area contributed by atoms with Crippen LogP contribution in [0.4, 0.5) is 0 Å². The van der Waals surface area contributed by atoms with Crippen LogP contribution in [0, 0.1) is 17.7 Å². The first-order valence-electron chi connectivity index (χ1n) is 15.2. The number of nitrogens with one attached hydrogen (secondary N) is 4. The van der Waals surface area contributed by atoms with Gasteiger partial charge in [-0.05, 0) is 71.1 Å². The monoisotopic (exact) mass is 610 g/mol. The number of amides is 1. The number of hydrogen-bond donors (Lipinski definition) is 4. The van der Waals surface area contributed by atoms with Crippen molar-refractivity contribution in [2.75, 3.05) is 13.7 Å². The van der Waals surface area contributed by atoms with Crippen LogP contribution in [0.5, 0.6) is 5.75 Å². The van der Waals surface area contributed by atoms with Crippen molar-refractivity contribution in [3.63, 3.8) is 0 Å². The number of rotatable bonds is 9. The third-order valence-electron chi connectivity index (χ3n) is 7.78. The normalized spacial score (nSPS) is 10.6. The Morgan fingerprint density at radius 3 is 2.30 bits per heavy atom. The van der Waals surface area contributed by atoms with Gasteiger partial charge in [-0.15, -0.1) is 0 Å². The molecule has 0 radical (unpaired) electrons. The number of H-pyrrole nitrogens is 1. The van der Waals surface area contributed by atoms with Gasteiger partial charge in [-0.25, -0.2) is 0 Å². The van der Waals surface area contributed by atoms with Crippen molar-refractivity contribution in [2.24, 2.45) is 0 Å². The van der Waals surface area contributed by atoms with Crippen molar-refractivity contribution in [3.8, 4) is 5.75 Å². The molecule has 0 aliphatic rings. The van der Waals surface area contributed by atoms with Crippen molar-refractivity contribution in [1.82, 2.24) is 20.2 Å². The van der Waals surface area contributed by atoms with E-state index in [1.54, 1.807) is 36.4 Å². The summed E-state index contributed by atoms with van der Waals surface area (Å²) in [5, 5.41) is 24.0. The molecule has 46 heavy (non-hydrogen) atoms. The van der Waals surface area contributed by atoms with Crippen LogP contribution in [0.25, 0.3) is 21.7 Å². The molecule has 0 aliphatic heterocycles. The third kappa shape index (κ3) is 8.04. The third-order valence-corrected chi connectivity index (χ3v) is 7.78. The predicted octanol–water partition coefficient (Wildman–Crippen LogP) is 7.54. The SMILES string of the molecule is COc1ccc(CN(C(=N)CCc2c[nH]c3ccccc23)C(=N)CNC(=O)c2ccccn2)cc1.Cc1cccc2ccccc12. The first kappa shape index (κ1) is 31.7. The Kier molecular flexibility index (Phi) is 10.5. The molecule has 0 atom stereocenters. The van der Waals surface area contributed by atoms with Crippen LogP contribution in [0.2, 0.25) is 0 Å². The van der Waals surface area contributed by atoms with Crippen LogP contribution in [0.3, 0.4) is 0 Å². The van der Waals surface area contributed by atoms with E-state index in [9.17, 15) is 4.79 Å². The number of pyridine rings is 1. The minimum atomic E-state index is -0.356. The lowest BCUT2D eigenvalue weighted by molar-refractivity contribution is 0.0953. The second-order valence-corrected chi connectivity index (χ2v) is 10.9. The molecule has 8 heteroatoms. The highest BCUT2D eigenvalue weighted by atomic mass is 16.5. The summed E-state index contributed by atoms with van der Waals surface area (Å²) in [5.74, 6) is 0.828. The summed E-state index contributed by atoms with van der Waals surface area (Å²) in [6.45, 7) is 2.47. The molecule has 2 aromatic heterocycles. The van der Waals surface area contributed by atoms with Gasteiger partial charge in [0.2, 0.25) is 0 Å². The molecular formula is C38H38N6O2. The summed E-state index contributed by atoms with van der Waals surface area (Å²) in [5.41, 5.74) is 4.77. The van der Waals surface area contributed by atoms with E-state index in [0.29, 0.717) is 25.2 Å². The van der Waals surface area contributed by atoms with E-state index >= 15 is 0 Å². The Bertz CT molecular complexity index is 1930. The maximum atomic E-state index is 12.4. The molecule has 0 saturated heterocycles. The fourth-order valence-corrected chi connectivity index (χ4v) is 5.23. The van der Waals surface area contributed by atoms with Gasteiger partial charge in [-0.2, -0.15) is 0 Å². The van der Waals surface area contributed by atoms with Gasteiger partial charge in [0, 0.05) is 29.7 Å². The first-order chi connectivity index (χ1) is 22.4. The standard InChI is InChI=1S/C27H28N6O2.C11H10/c1-35-21-12-9-19(10-13-21)18-33(26(29)17-32-27(34)24-8-4-5-15-30-24)25(28)14-11-20-16-31-23-7-3-2-6-22(20)23;1-9-5-4-7-10-6-2-3-8-11(9)10/h2-10,12-13,15-16,28-29,31H,11,14,17-18H2,1H3,(H,32,34);2-8H,1H3. The van der Waals surface area contributed by atoms with E-state index in [4.69, 9.17) is 15.6 Å².